The molecule has 1 heterocycles. The number of ether oxygens (including phenoxy) is 1. The van der Waals surface area contributed by atoms with Crippen LogP contribution in [0.4, 0.5) is 0 Å². The highest BCUT2D eigenvalue weighted by Crippen LogP contribution is 2.16. The number of unbranched alkanes of at least 4 members (excludes halogenated alkanes) is 3. The number of benzene rings is 1. The molecule has 0 atom stereocenters. The quantitative estimate of drug-likeness (QED) is 0.666. The van der Waals surface area contributed by atoms with Crippen molar-refractivity contribution < 1.29 is 13.2 Å². The molecule has 2 aromatic rings. The lowest BCUT2D eigenvalue weighted by molar-refractivity contribution is 0.304. The molecule has 0 aliphatic heterocycles. The molecule has 0 unspecified atom stereocenters. The molecule has 0 saturated heterocycles. The van der Waals surface area contributed by atoms with Crippen molar-refractivity contribution in [3.05, 3.63) is 43.0 Å². The minimum atomic E-state index is -3.14. The predicted octanol–water partition coefficient (Wildman–Crippen LogP) is 2.93. The molecule has 0 aliphatic carbocycles. The third kappa shape index (κ3) is 5.52. The topological polar surface area (TPSA) is 61.2 Å². The maximum absolute atomic E-state index is 11.3. The molecule has 0 spiro atoms. The third-order valence-corrected chi connectivity index (χ3v) is 4.52. The SMILES string of the molecule is CS(=O)(=O)c1ccc(OCCCCCCn2ccnc2)cc1. The number of aryl methyl sites for hydroxylation is 1. The highest BCUT2D eigenvalue weighted by atomic mass is 32.2. The Bertz CT molecular complexity index is 649. The van der Waals surface area contributed by atoms with Crippen molar-refractivity contribution in [2.45, 2.75) is 37.1 Å². The second-order valence-electron chi connectivity index (χ2n) is 5.31. The molecule has 0 amide bonds. The van der Waals surface area contributed by atoms with Crippen LogP contribution in [0, 0.1) is 0 Å². The standard InChI is InChI=1S/C16H22N2O3S/c1-22(19,20)16-8-6-15(7-9-16)21-13-5-3-2-4-11-18-12-10-17-14-18/h6-10,12,14H,2-5,11,13H2,1H3. The summed E-state index contributed by atoms with van der Waals surface area (Å²) in [7, 11) is -3.14. The Hall–Kier alpha value is -1.82. The first-order chi connectivity index (χ1) is 10.6. The molecule has 0 bridgehead atoms. The smallest absolute Gasteiger partial charge is 0.175 e. The van der Waals surface area contributed by atoms with Gasteiger partial charge < -0.3 is 9.30 Å². The molecule has 0 radical (unpaired) electrons. The molecule has 0 saturated carbocycles. The van der Waals surface area contributed by atoms with Crippen molar-refractivity contribution in [2.24, 2.45) is 0 Å². The lowest BCUT2D eigenvalue weighted by atomic mass is 10.2. The summed E-state index contributed by atoms with van der Waals surface area (Å²) in [6, 6.07) is 6.57. The molecule has 6 heteroatoms. The molecular formula is C16H22N2O3S. The van der Waals surface area contributed by atoms with Gasteiger partial charge >= 0.3 is 0 Å². The van der Waals surface area contributed by atoms with Crippen LogP contribution in [-0.2, 0) is 16.4 Å². The minimum absolute atomic E-state index is 0.319. The molecule has 1 aromatic carbocycles. The molecule has 0 fully saturated rings. The lowest BCUT2D eigenvalue weighted by Crippen LogP contribution is -2.00. The fraction of sp³-hybridized carbons (Fsp3) is 0.438. The van der Waals surface area contributed by atoms with Gasteiger partial charge in [-0.1, -0.05) is 12.8 Å². The number of nitrogens with zero attached hydrogens (tertiary/aromatic N) is 2. The maximum Gasteiger partial charge on any atom is 0.175 e. The second kappa shape index (κ2) is 7.98. The molecule has 2 rings (SSSR count). The summed E-state index contributed by atoms with van der Waals surface area (Å²) >= 11 is 0. The minimum Gasteiger partial charge on any atom is -0.494 e. The van der Waals surface area contributed by atoms with Crippen LogP contribution in [0.2, 0.25) is 0 Å². The van der Waals surface area contributed by atoms with E-state index in [-0.39, 0.29) is 0 Å². The number of aromatic nitrogens is 2. The van der Waals surface area contributed by atoms with E-state index in [1.807, 2.05) is 12.5 Å². The van der Waals surface area contributed by atoms with Crippen molar-refractivity contribution in [3.8, 4) is 5.75 Å². The van der Waals surface area contributed by atoms with Crippen LogP contribution in [0.25, 0.3) is 0 Å². The van der Waals surface area contributed by atoms with E-state index in [1.165, 1.54) is 6.26 Å². The van der Waals surface area contributed by atoms with Crippen molar-refractivity contribution >= 4 is 9.84 Å². The lowest BCUT2D eigenvalue weighted by Gasteiger charge is -2.07. The van der Waals surface area contributed by atoms with E-state index in [4.69, 9.17) is 4.74 Å². The van der Waals surface area contributed by atoms with Gasteiger partial charge in [0.1, 0.15) is 5.75 Å². The molecule has 22 heavy (non-hydrogen) atoms. The Balaban J connectivity index is 1.58. The third-order valence-electron chi connectivity index (χ3n) is 3.39. The molecule has 5 nitrogen and oxygen atoms in total. The van der Waals surface area contributed by atoms with E-state index in [2.05, 4.69) is 9.55 Å². The zero-order valence-electron chi connectivity index (χ0n) is 12.8. The Kier molecular flexibility index (Phi) is 6.00. The van der Waals surface area contributed by atoms with E-state index in [0.717, 1.165) is 32.2 Å². The van der Waals surface area contributed by atoms with Crippen LogP contribution in [0.3, 0.4) is 0 Å². The Labute approximate surface area is 131 Å². The van der Waals surface area contributed by atoms with E-state index in [0.29, 0.717) is 17.3 Å². The normalized spacial score (nSPS) is 11.5. The van der Waals surface area contributed by atoms with Crippen LogP contribution in [0.1, 0.15) is 25.7 Å². The molecule has 0 N–H and O–H groups in total. The van der Waals surface area contributed by atoms with Gasteiger partial charge in [-0.3, -0.25) is 0 Å². The van der Waals surface area contributed by atoms with Crippen molar-refractivity contribution in [1.29, 1.82) is 0 Å². The van der Waals surface area contributed by atoms with Crippen LogP contribution >= 0.6 is 0 Å². The van der Waals surface area contributed by atoms with Gasteiger partial charge in [-0.15, -0.1) is 0 Å². The fourth-order valence-corrected chi connectivity index (χ4v) is 2.77. The average Bonchev–Trinajstić information content (AvgIpc) is 2.99. The average molecular weight is 322 g/mol. The van der Waals surface area contributed by atoms with Crippen molar-refractivity contribution in [2.75, 3.05) is 12.9 Å². The van der Waals surface area contributed by atoms with Crippen LogP contribution in [0.5, 0.6) is 5.75 Å². The number of hydrogen-bond donors (Lipinski definition) is 0. The van der Waals surface area contributed by atoms with Crippen LogP contribution < -0.4 is 4.74 Å². The number of sulfone groups is 1. The van der Waals surface area contributed by atoms with Gasteiger partial charge in [0.2, 0.25) is 0 Å². The summed E-state index contributed by atoms with van der Waals surface area (Å²) in [6.07, 6.45) is 11.2. The summed E-state index contributed by atoms with van der Waals surface area (Å²) in [5.41, 5.74) is 0. The van der Waals surface area contributed by atoms with E-state index in [1.54, 1.807) is 30.5 Å². The molecular weight excluding hydrogens is 300 g/mol. The van der Waals surface area contributed by atoms with Crippen LogP contribution in [-0.4, -0.2) is 30.8 Å². The van der Waals surface area contributed by atoms with Crippen LogP contribution in [0.15, 0.2) is 47.9 Å². The van der Waals surface area contributed by atoms with Gasteiger partial charge in [-0.25, -0.2) is 13.4 Å². The van der Waals surface area contributed by atoms with Gasteiger partial charge in [-0.2, -0.15) is 0 Å². The summed E-state index contributed by atoms with van der Waals surface area (Å²) < 4.78 is 30.4. The zero-order chi connectivity index (χ0) is 15.8. The zero-order valence-corrected chi connectivity index (χ0v) is 13.6. The summed E-state index contributed by atoms with van der Waals surface area (Å²) in [4.78, 5) is 4.33. The predicted molar refractivity (Wildman–Crippen MR) is 85.7 cm³/mol. The molecule has 0 aliphatic rings. The van der Waals surface area contributed by atoms with E-state index < -0.39 is 9.84 Å². The van der Waals surface area contributed by atoms with Gasteiger partial charge in [-0.05, 0) is 37.1 Å². The molecule has 1 aromatic heterocycles. The first kappa shape index (κ1) is 16.5. The van der Waals surface area contributed by atoms with E-state index >= 15 is 0 Å². The van der Waals surface area contributed by atoms with Gasteiger partial charge in [0.25, 0.3) is 0 Å². The monoisotopic (exact) mass is 322 g/mol. The second-order valence-corrected chi connectivity index (χ2v) is 7.32. The maximum atomic E-state index is 11.3. The van der Waals surface area contributed by atoms with Gasteiger partial charge in [0.05, 0.1) is 17.8 Å². The van der Waals surface area contributed by atoms with Crippen molar-refractivity contribution in [1.82, 2.24) is 9.55 Å². The number of rotatable bonds is 9. The highest BCUT2D eigenvalue weighted by molar-refractivity contribution is 7.90. The number of imidazole rings is 1. The largest absolute Gasteiger partial charge is 0.494 e. The first-order valence-electron chi connectivity index (χ1n) is 7.44. The van der Waals surface area contributed by atoms with Gasteiger partial charge in [0.15, 0.2) is 9.84 Å². The summed E-state index contributed by atoms with van der Waals surface area (Å²) in [5, 5.41) is 0. The first-order valence-corrected chi connectivity index (χ1v) is 9.33. The van der Waals surface area contributed by atoms with E-state index in [9.17, 15) is 8.42 Å². The summed E-state index contributed by atoms with van der Waals surface area (Å²) in [5.74, 6) is 0.714. The fourth-order valence-electron chi connectivity index (χ4n) is 2.14. The molecule has 120 valence electrons. The highest BCUT2D eigenvalue weighted by Gasteiger charge is 2.06. The van der Waals surface area contributed by atoms with Crippen molar-refractivity contribution in [3.63, 3.8) is 0 Å². The van der Waals surface area contributed by atoms with Gasteiger partial charge in [0, 0.05) is 25.2 Å². The Morgan fingerprint density at radius 3 is 2.45 bits per heavy atom. The Morgan fingerprint density at radius 2 is 1.82 bits per heavy atom. The Morgan fingerprint density at radius 1 is 1.09 bits per heavy atom. The number of hydrogen-bond acceptors (Lipinski definition) is 4. The summed E-state index contributed by atoms with van der Waals surface area (Å²) in [6.45, 7) is 1.66.